The zero-order valence-corrected chi connectivity index (χ0v) is 15.1. The molecule has 0 spiro atoms. The van der Waals surface area contributed by atoms with Gasteiger partial charge < -0.3 is 9.29 Å². The minimum Gasteiger partial charge on any atom is -0.370 e. The Morgan fingerprint density at radius 3 is 2.41 bits per heavy atom. The summed E-state index contributed by atoms with van der Waals surface area (Å²) in [5.74, 6) is 0.313. The molecule has 2 unspecified atom stereocenters. The number of para-hydroxylation sites is 1. The maximum atomic E-state index is 13.1. The van der Waals surface area contributed by atoms with Gasteiger partial charge in [-0.3, -0.25) is 0 Å². The first-order chi connectivity index (χ1) is 13.0. The van der Waals surface area contributed by atoms with E-state index in [9.17, 15) is 13.5 Å². The van der Waals surface area contributed by atoms with Crippen LogP contribution in [-0.4, -0.2) is 17.8 Å². The van der Waals surface area contributed by atoms with Crippen molar-refractivity contribution in [2.24, 2.45) is 0 Å². The normalized spacial score (nSPS) is 25.6. The molecule has 5 rings (SSSR count). The molecule has 0 bridgehead atoms. The summed E-state index contributed by atoms with van der Waals surface area (Å²) in [5.41, 5.74) is 0.841. The van der Waals surface area contributed by atoms with Crippen LogP contribution in [0.2, 0.25) is 0 Å². The molecule has 2 heterocycles. The molecule has 0 amide bonds. The SMILES string of the molecule is O=S1(=O)Oc2ccccc2C2Cc3ccccc3C(O)(c3ccccc3)N21. The van der Waals surface area contributed by atoms with Crippen LogP contribution in [0.25, 0.3) is 0 Å². The second-order valence-corrected chi connectivity index (χ2v) is 8.21. The fourth-order valence-electron chi connectivity index (χ4n) is 4.17. The maximum Gasteiger partial charge on any atom is 0.388 e. The molecule has 6 heteroatoms. The Labute approximate surface area is 157 Å². The Morgan fingerprint density at radius 1 is 0.926 bits per heavy atom. The van der Waals surface area contributed by atoms with E-state index in [0.29, 0.717) is 23.3 Å². The monoisotopic (exact) mass is 379 g/mol. The number of hydrogen-bond donors (Lipinski definition) is 1. The van der Waals surface area contributed by atoms with Crippen LogP contribution >= 0.6 is 0 Å². The van der Waals surface area contributed by atoms with E-state index < -0.39 is 22.1 Å². The van der Waals surface area contributed by atoms with Crippen molar-refractivity contribution in [3.8, 4) is 5.75 Å². The van der Waals surface area contributed by atoms with Crippen LogP contribution in [0.5, 0.6) is 5.75 Å². The number of aliphatic hydroxyl groups is 1. The molecule has 136 valence electrons. The predicted octanol–water partition coefficient (Wildman–Crippen LogP) is 3.12. The smallest absolute Gasteiger partial charge is 0.370 e. The predicted molar refractivity (Wildman–Crippen MR) is 100 cm³/mol. The summed E-state index contributed by atoms with van der Waals surface area (Å²) < 4.78 is 32.7. The first kappa shape index (κ1) is 16.5. The first-order valence-electron chi connectivity index (χ1n) is 8.71. The average molecular weight is 379 g/mol. The lowest BCUT2D eigenvalue weighted by Gasteiger charge is -2.49. The van der Waals surface area contributed by atoms with E-state index in [2.05, 4.69) is 0 Å². The number of benzene rings is 3. The molecule has 0 saturated carbocycles. The van der Waals surface area contributed by atoms with Crippen molar-refractivity contribution in [3.63, 3.8) is 0 Å². The van der Waals surface area contributed by atoms with E-state index in [-0.39, 0.29) is 0 Å². The third-order valence-electron chi connectivity index (χ3n) is 5.30. The highest BCUT2D eigenvalue weighted by Gasteiger charge is 2.56. The van der Waals surface area contributed by atoms with Gasteiger partial charge in [-0.25, -0.2) is 0 Å². The molecule has 0 radical (unpaired) electrons. The lowest BCUT2D eigenvalue weighted by Crippen LogP contribution is -2.58. The van der Waals surface area contributed by atoms with Crippen LogP contribution in [0.1, 0.15) is 28.3 Å². The van der Waals surface area contributed by atoms with E-state index in [1.807, 2.05) is 30.3 Å². The third-order valence-corrected chi connectivity index (χ3v) is 6.69. The van der Waals surface area contributed by atoms with Gasteiger partial charge in [0.2, 0.25) is 0 Å². The Kier molecular flexibility index (Phi) is 3.46. The van der Waals surface area contributed by atoms with Gasteiger partial charge in [0, 0.05) is 16.7 Å². The zero-order valence-electron chi connectivity index (χ0n) is 14.3. The van der Waals surface area contributed by atoms with Gasteiger partial charge >= 0.3 is 10.3 Å². The minimum atomic E-state index is -4.21. The average Bonchev–Trinajstić information content (AvgIpc) is 2.68. The van der Waals surface area contributed by atoms with Gasteiger partial charge in [-0.2, -0.15) is 8.42 Å². The molecule has 1 N–H and O–H groups in total. The Bertz CT molecular complexity index is 1130. The van der Waals surface area contributed by atoms with Crippen molar-refractivity contribution in [1.82, 2.24) is 4.31 Å². The number of rotatable bonds is 1. The van der Waals surface area contributed by atoms with Gasteiger partial charge in [-0.05, 0) is 18.1 Å². The Morgan fingerprint density at radius 2 is 1.59 bits per heavy atom. The van der Waals surface area contributed by atoms with Gasteiger partial charge in [0.05, 0.1) is 6.04 Å². The fraction of sp³-hybridized carbons (Fsp3) is 0.143. The molecule has 0 fully saturated rings. The van der Waals surface area contributed by atoms with Crippen molar-refractivity contribution in [1.29, 1.82) is 0 Å². The molecule has 0 saturated heterocycles. The largest absolute Gasteiger partial charge is 0.388 e. The van der Waals surface area contributed by atoms with Crippen LogP contribution in [-0.2, 0) is 22.4 Å². The van der Waals surface area contributed by atoms with Gasteiger partial charge in [-0.1, -0.05) is 72.8 Å². The summed E-state index contributed by atoms with van der Waals surface area (Å²) in [6.07, 6.45) is 0.463. The topological polar surface area (TPSA) is 66.8 Å². The van der Waals surface area contributed by atoms with E-state index in [4.69, 9.17) is 4.18 Å². The summed E-state index contributed by atoms with van der Waals surface area (Å²) in [5, 5.41) is 11.9. The molecular weight excluding hydrogens is 362 g/mol. The van der Waals surface area contributed by atoms with E-state index in [1.54, 1.807) is 48.5 Å². The molecule has 3 aromatic rings. The van der Waals surface area contributed by atoms with E-state index >= 15 is 0 Å². The molecule has 0 aromatic heterocycles. The first-order valence-corrected chi connectivity index (χ1v) is 10.1. The summed E-state index contributed by atoms with van der Waals surface area (Å²) >= 11 is 0. The highest BCUT2D eigenvalue weighted by molar-refractivity contribution is 7.84. The van der Waals surface area contributed by atoms with Crippen molar-refractivity contribution in [2.75, 3.05) is 0 Å². The van der Waals surface area contributed by atoms with Crippen LogP contribution in [0.4, 0.5) is 0 Å². The van der Waals surface area contributed by atoms with Crippen LogP contribution in [0.3, 0.4) is 0 Å². The van der Waals surface area contributed by atoms with E-state index in [1.165, 1.54) is 0 Å². The second-order valence-electron chi connectivity index (χ2n) is 6.79. The summed E-state index contributed by atoms with van der Waals surface area (Å²) in [7, 11) is -4.21. The minimum absolute atomic E-state index is 0.313. The quantitative estimate of drug-likeness (QED) is 0.706. The number of hydrogen-bond acceptors (Lipinski definition) is 4. The van der Waals surface area contributed by atoms with Crippen molar-refractivity contribution >= 4 is 10.3 Å². The van der Waals surface area contributed by atoms with Crippen molar-refractivity contribution in [2.45, 2.75) is 18.2 Å². The lowest BCUT2D eigenvalue weighted by molar-refractivity contribution is -0.0662. The van der Waals surface area contributed by atoms with Crippen molar-refractivity contribution in [3.05, 3.63) is 101 Å². The summed E-state index contributed by atoms with van der Waals surface area (Å²) in [6.45, 7) is 0. The molecule has 2 aliphatic heterocycles. The second kappa shape index (κ2) is 5.66. The van der Waals surface area contributed by atoms with Crippen LogP contribution in [0, 0.1) is 0 Å². The highest BCUT2D eigenvalue weighted by Crippen LogP contribution is 2.52. The molecule has 3 aromatic carbocycles. The molecule has 0 aliphatic carbocycles. The molecular formula is C21H17NO4S. The molecule has 27 heavy (non-hydrogen) atoms. The van der Waals surface area contributed by atoms with Crippen LogP contribution < -0.4 is 4.18 Å². The molecule has 2 atom stereocenters. The number of fused-ring (bicyclic) bond motifs is 4. The Balaban J connectivity index is 1.85. The van der Waals surface area contributed by atoms with Crippen LogP contribution in [0.15, 0.2) is 78.9 Å². The van der Waals surface area contributed by atoms with Gasteiger partial charge in [0.15, 0.2) is 5.72 Å². The van der Waals surface area contributed by atoms with Crippen molar-refractivity contribution < 1.29 is 17.7 Å². The standard InChI is InChI=1S/C21H17NO4S/c23-21(16-9-2-1-3-10-16)18-12-6-4-8-15(18)14-19-17-11-5-7-13-20(17)26-27(24,25)22(19)21/h1-13,19,23H,14H2. The van der Waals surface area contributed by atoms with Gasteiger partial charge in [0.1, 0.15) is 5.75 Å². The van der Waals surface area contributed by atoms with Gasteiger partial charge in [-0.15, -0.1) is 4.31 Å². The van der Waals surface area contributed by atoms with E-state index in [0.717, 1.165) is 15.4 Å². The Hall–Kier alpha value is -2.67. The highest BCUT2D eigenvalue weighted by atomic mass is 32.2. The molecule has 5 nitrogen and oxygen atoms in total. The number of nitrogens with zero attached hydrogens (tertiary/aromatic N) is 1. The summed E-state index contributed by atoms with van der Waals surface area (Å²) in [4.78, 5) is 0. The lowest BCUT2D eigenvalue weighted by atomic mass is 9.81. The fourth-order valence-corrected chi connectivity index (χ4v) is 5.65. The maximum absolute atomic E-state index is 13.1. The van der Waals surface area contributed by atoms with Gasteiger partial charge in [0.25, 0.3) is 0 Å². The molecule has 2 aliphatic rings. The summed E-state index contributed by atoms with van der Waals surface area (Å²) in [6, 6.07) is 22.8. The third kappa shape index (κ3) is 2.27. The zero-order chi connectivity index (χ0) is 18.6.